The van der Waals surface area contributed by atoms with Crippen LogP contribution in [0.5, 0.6) is 5.75 Å². The third-order valence-electron chi connectivity index (χ3n) is 5.67. The molecule has 10 heteroatoms. The van der Waals surface area contributed by atoms with Crippen LogP contribution in [0.25, 0.3) is 0 Å². The zero-order valence-electron chi connectivity index (χ0n) is 20.2. The maximum Gasteiger partial charge on any atom is 0.335 e. The zero-order chi connectivity index (χ0) is 25.8. The van der Waals surface area contributed by atoms with Crippen molar-refractivity contribution in [1.29, 1.82) is 0 Å². The number of nitrogens with zero attached hydrogens (tertiary/aromatic N) is 4. The van der Waals surface area contributed by atoms with Gasteiger partial charge in [-0.15, -0.1) is 5.06 Å². The molecule has 2 aliphatic heterocycles. The number of imide groups is 1. The lowest BCUT2D eigenvalue weighted by Crippen LogP contribution is -2.34. The van der Waals surface area contributed by atoms with Gasteiger partial charge < -0.3 is 9.57 Å². The second-order valence-electron chi connectivity index (χ2n) is 8.59. The fraction of sp³-hybridized carbons (Fsp3) is 0.308. The molecule has 0 radical (unpaired) electrons. The van der Waals surface area contributed by atoms with Crippen LogP contribution in [0.4, 0.5) is 0 Å². The topological polar surface area (TPSA) is 110 Å². The second kappa shape index (κ2) is 10.8. The highest BCUT2D eigenvalue weighted by atomic mass is 35.5. The van der Waals surface area contributed by atoms with Crippen molar-refractivity contribution in [2.24, 2.45) is 15.2 Å². The number of hydrogen-bond donors (Lipinski definition) is 0. The van der Waals surface area contributed by atoms with Crippen molar-refractivity contribution >= 4 is 46.5 Å². The Kier molecular flexibility index (Phi) is 7.59. The third kappa shape index (κ3) is 5.68. The first kappa shape index (κ1) is 25.2. The SMILES string of the molecule is COc1ccc2c(c1)C(c1ccc(Cl)cc1)=N[C@@H](CC(=O)ON1C(=O)CCC1=O)/C(=N/N=C(C)C)C2. The molecule has 2 heterocycles. The molecule has 0 N–H and O–H groups in total. The molecule has 0 unspecified atom stereocenters. The second-order valence-corrected chi connectivity index (χ2v) is 9.02. The molecule has 4 rings (SSSR count). The summed E-state index contributed by atoms with van der Waals surface area (Å²) in [6.07, 6.45) is 0.165. The van der Waals surface area contributed by atoms with Crippen molar-refractivity contribution in [2.45, 2.75) is 45.6 Å². The number of carbonyl (C=O) groups excluding carboxylic acids is 3. The van der Waals surface area contributed by atoms with Gasteiger partial charge in [0.15, 0.2) is 0 Å². The Hall–Kier alpha value is -3.85. The van der Waals surface area contributed by atoms with E-state index in [-0.39, 0.29) is 19.3 Å². The van der Waals surface area contributed by atoms with E-state index in [0.29, 0.717) is 33.7 Å². The van der Waals surface area contributed by atoms with Crippen molar-refractivity contribution in [3.63, 3.8) is 0 Å². The first-order valence-electron chi connectivity index (χ1n) is 11.4. The Labute approximate surface area is 213 Å². The Morgan fingerprint density at radius 2 is 1.81 bits per heavy atom. The number of fused-ring (bicyclic) bond motifs is 1. The van der Waals surface area contributed by atoms with E-state index in [2.05, 4.69) is 10.2 Å². The van der Waals surface area contributed by atoms with Crippen LogP contribution in [-0.2, 0) is 25.6 Å². The van der Waals surface area contributed by atoms with Gasteiger partial charge in [0.05, 0.1) is 25.0 Å². The average Bonchev–Trinajstić information content (AvgIpc) is 3.08. The molecule has 2 aromatic carbocycles. The number of benzene rings is 2. The molecule has 0 saturated carbocycles. The van der Waals surface area contributed by atoms with Gasteiger partial charge in [0.1, 0.15) is 11.8 Å². The molecule has 0 bridgehead atoms. The zero-order valence-corrected chi connectivity index (χ0v) is 20.9. The van der Waals surface area contributed by atoms with Gasteiger partial charge in [-0.3, -0.25) is 14.6 Å². The van der Waals surface area contributed by atoms with Crippen LogP contribution < -0.4 is 4.74 Å². The van der Waals surface area contributed by atoms with Crippen LogP contribution in [0.1, 0.15) is 49.8 Å². The summed E-state index contributed by atoms with van der Waals surface area (Å²) in [6, 6.07) is 12.1. The molecule has 2 aliphatic rings. The predicted octanol–water partition coefficient (Wildman–Crippen LogP) is 3.94. The molecule has 186 valence electrons. The van der Waals surface area contributed by atoms with E-state index in [4.69, 9.17) is 26.2 Å². The highest BCUT2D eigenvalue weighted by molar-refractivity contribution is 6.30. The van der Waals surface area contributed by atoms with Crippen LogP contribution in [-0.4, -0.2) is 53.1 Å². The van der Waals surface area contributed by atoms with Crippen LogP contribution in [0, 0.1) is 0 Å². The minimum absolute atomic E-state index is 0.0166. The smallest absolute Gasteiger partial charge is 0.335 e. The lowest BCUT2D eigenvalue weighted by molar-refractivity contribution is -0.197. The van der Waals surface area contributed by atoms with E-state index in [1.807, 2.05) is 44.2 Å². The van der Waals surface area contributed by atoms with Gasteiger partial charge in [0.2, 0.25) is 0 Å². The number of halogens is 1. The molecule has 9 nitrogen and oxygen atoms in total. The predicted molar refractivity (Wildman–Crippen MR) is 136 cm³/mol. The third-order valence-corrected chi connectivity index (χ3v) is 5.92. The molecule has 1 atom stereocenters. The van der Waals surface area contributed by atoms with Crippen molar-refractivity contribution < 1.29 is 24.0 Å². The van der Waals surface area contributed by atoms with Crippen LogP contribution in [0.3, 0.4) is 0 Å². The van der Waals surface area contributed by atoms with E-state index >= 15 is 0 Å². The summed E-state index contributed by atoms with van der Waals surface area (Å²) in [5.41, 5.74) is 4.43. The summed E-state index contributed by atoms with van der Waals surface area (Å²) in [4.78, 5) is 46.7. The number of rotatable bonds is 6. The molecule has 1 saturated heterocycles. The van der Waals surface area contributed by atoms with Gasteiger partial charge in [-0.05, 0) is 43.7 Å². The molecule has 2 amide bonds. The molecular weight excluding hydrogens is 484 g/mol. The molecule has 0 aromatic heterocycles. The highest BCUT2D eigenvalue weighted by Gasteiger charge is 2.34. The summed E-state index contributed by atoms with van der Waals surface area (Å²) in [7, 11) is 1.59. The first-order chi connectivity index (χ1) is 17.2. The quantitative estimate of drug-likeness (QED) is 0.333. The summed E-state index contributed by atoms with van der Waals surface area (Å²) >= 11 is 6.11. The number of ether oxygens (including phenoxy) is 1. The first-order valence-corrected chi connectivity index (χ1v) is 11.8. The van der Waals surface area contributed by atoms with Gasteiger partial charge in [-0.1, -0.05) is 29.8 Å². The van der Waals surface area contributed by atoms with Gasteiger partial charge in [0.25, 0.3) is 11.8 Å². The lowest BCUT2D eigenvalue weighted by atomic mass is 9.95. The minimum atomic E-state index is -0.767. The Morgan fingerprint density at radius 3 is 2.44 bits per heavy atom. The van der Waals surface area contributed by atoms with E-state index in [9.17, 15) is 14.4 Å². The molecule has 36 heavy (non-hydrogen) atoms. The summed E-state index contributed by atoms with van der Waals surface area (Å²) < 4.78 is 5.44. The number of hydroxylamine groups is 2. The number of hydrogen-bond acceptors (Lipinski definition) is 8. The van der Waals surface area contributed by atoms with Gasteiger partial charge in [0, 0.05) is 41.1 Å². The number of carbonyl (C=O) groups is 3. The molecule has 2 aromatic rings. The van der Waals surface area contributed by atoms with Crippen molar-refractivity contribution in [2.75, 3.05) is 7.11 Å². The van der Waals surface area contributed by atoms with Crippen molar-refractivity contribution in [1.82, 2.24) is 5.06 Å². The van der Waals surface area contributed by atoms with E-state index in [1.54, 1.807) is 19.2 Å². The summed E-state index contributed by atoms with van der Waals surface area (Å²) in [5, 5.41) is 9.74. The van der Waals surface area contributed by atoms with Crippen LogP contribution >= 0.6 is 11.6 Å². The molecule has 0 aliphatic carbocycles. The van der Waals surface area contributed by atoms with E-state index in [0.717, 1.165) is 22.4 Å². The van der Waals surface area contributed by atoms with Crippen molar-refractivity contribution in [3.05, 3.63) is 64.2 Å². The van der Waals surface area contributed by atoms with Crippen molar-refractivity contribution in [3.8, 4) is 5.75 Å². The highest BCUT2D eigenvalue weighted by Crippen LogP contribution is 2.28. The van der Waals surface area contributed by atoms with Crippen LogP contribution in [0.15, 0.2) is 57.7 Å². The maximum atomic E-state index is 12.8. The maximum absolute atomic E-state index is 12.8. The standard InChI is InChI=1S/C26H25ClN4O5/c1-15(2)29-30-22-12-17-6-9-19(35-3)13-20(17)26(16-4-7-18(27)8-5-16)28-21(22)14-25(34)36-31-23(32)10-11-24(31)33/h4-9,13,21H,10-12,14H2,1-3H3/b30-22+/t21-/m0/s1. The van der Waals surface area contributed by atoms with Gasteiger partial charge in [-0.2, -0.15) is 10.2 Å². The van der Waals surface area contributed by atoms with Gasteiger partial charge in [-0.25, -0.2) is 4.79 Å². The molecular formula is C26H25ClN4O5. The minimum Gasteiger partial charge on any atom is -0.497 e. The molecule has 0 spiro atoms. The monoisotopic (exact) mass is 508 g/mol. The normalized spacial score (nSPS) is 18.4. The Morgan fingerprint density at radius 1 is 1.11 bits per heavy atom. The largest absolute Gasteiger partial charge is 0.497 e. The number of methoxy groups -OCH3 is 1. The molecule has 1 fully saturated rings. The summed E-state index contributed by atoms with van der Waals surface area (Å²) in [6.45, 7) is 3.63. The van der Waals surface area contributed by atoms with E-state index in [1.165, 1.54) is 0 Å². The lowest BCUT2D eigenvalue weighted by Gasteiger charge is -2.16. The van der Waals surface area contributed by atoms with Gasteiger partial charge >= 0.3 is 5.97 Å². The summed E-state index contributed by atoms with van der Waals surface area (Å²) in [5.74, 6) is -1.20. The number of amides is 2. The number of aliphatic imine (C=N–C) groups is 1. The average molecular weight is 509 g/mol. The Bertz CT molecular complexity index is 1280. The Balaban J connectivity index is 1.79. The fourth-order valence-electron chi connectivity index (χ4n) is 3.89. The fourth-order valence-corrected chi connectivity index (χ4v) is 4.02. The van der Waals surface area contributed by atoms with Crippen LogP contribution in [0.2, 0.25) is 5.02 Å². The van der Waals surface area contributed by atoms with E-state index < -0.39 is 23.8 Å².